The van der Waals surface area contributed by atoms with E-state index in [9.17, 15) is 0 Å². The van der Waals surface area contributed by atoms with Crippen molar-refractivity contribution in [2.24, 2.45) is 0 Å². The van der Waals surface area contributed by atoms with Gasteiger partial charge in [-0.2, -0.15) is 11.3 Å². The Kier molecular flexibility index (Phi) is 2.69. The van der Waals surface area contributed by atoms with Gasteiger partial charge in [-0.25, -0.2) is 0 Å². The Labute approximate surface area is 73.7 Å². The summed E-state index contributed by atoms with van der Waals surface area (Å²) in [5.41, 5.74) is 2.64. The predicted molar refractivity (Wildman–Crippen MR) is 51.3 cm³/mol. The lowest BCUT2D eigenvalue weighted by atomic mass is 10.2. The first-order valence-electron chi connectivity index (χ1n) is 3.10. The van der Waals surface area contributed by atoms with Crippen LogP contribution in [-0.2, 0) is 0 Å². The minimum Gasteiger partial charge on any atom is -0.151 e. The van der Waals surface area contributed by atoms with E-state index in [4.69, 9.17) is 0 Å². The quantitative estimate of drug-likeness (QED) is 0.668. The van der Waals surface area contributed by atoms with Crippen molar-refractivity contribution in [1.29, 1.82) is 0 Å². The molecule has 0 amide bonds. The average Bonchev–Trinajstić information content (AvgIpc) is 2.34. The van der Waals surface area contributed by atoms with Crippen molar-refractivity contribution in [3.8, 4) is 0 Å². The summed E-state index contributed by atoms with van der Waals surface area (Å²) in [5.74, 6) is 0. The fourth-order valence-corrected chi connectivity index (χ4v) is 2.38. The van der Waals surface area contributed by atoms with Gasteiger partial charge in [0.05, 0.1) is 0 Å². The highest BCUT2D eigenvalue weighted by Crippen LogP contribution is 2.27. The van der Waals surface area contributed by atoms with Crippen molar-refractivity contribution in [2.75, 3.05) is 0 Å². The van der Waals surface area contributed by atoms with E-state index in [1.54, 1.807) is 11.3 Å². The Morgan fingerprint density at radius 2 is 2.30 bits per heavy atom. The highest BCUT2D eigenvalue weighted by atomic mass is 79.9. The number of hydrogen-bond donors (Lipinski definition) is 0. The fraction of sp³-hybridized carbons (Fsp3) is 0.250. The summed E-state index contributed by atoms with van der Waals surface area (Å²) < 4.78 is 1.20. The molecule has 0 unspecified atom stereocenters. The van der Waals surface area contributed by atoms with E-state index in [0.29, 0.717) is 0 Å². The molecule has 0 N–H and O–H groups in total. The molecule has 0 saturated carbocycles. The molecule has 0 aliphatic rings. The largest absolute Gasteiger partial charge is 0.151 e. The highest BCUT2D eigenvalue weighted by Gasteiger charge is 1.99. The summed E-state index contributed by atoms with van der Waals surface area (Å²) in [6, 6.07) is 0. The molecule has 0 radical (unpaired) electrons. The van der Waals surface area contributed by atoms with Gasteiger partial charge in [0.2, 0.25) is 0 Å². The molecule has 0 fully saturated rings. The van der Waals surface area contributed by atoms with Crippen LogP contribution in [0.4, 0.5) is 0 Å². The second-order valence-electron chi connectivity index (χ2n) is 2.11. The molecule has 0 spiro atoms. The third-order valence-corrected chi connectivity index (χ3v) is 3.18. The van der Waals surface area contributed by atoms with Crippen LogP contribution in [0.2, 0.25) is 0 Å². The van der Waals surface area contributed by atoms with Crippen molar-refractivity contribution in [1.82, 2.24) is 0 Å². The molecule has 0 aliphatic heterocycles. The molecule has 0 atom stereocenters. The molecule has 1 heterocycles. The van der Waals surface area contributed by atoms with E-state index in [-0.39, 0.29) is 0 Å². The van der Waals surface area contributed by atoms with E-state index < -0.39 is 0 Å². The number of hydrogen-bond acceptors (Lipinski definition) is 1. The molecule has 1 aromatic rings. The van der Waals surface area contributed by atoms with Gasteiger partial charge in [-0.15, -0.1) is 0 Å². The first-order chi connectivity index (χ1) is 4.75. The summed E-state index contributed by atoms with van der Waals surface area (Å²) in [6.45, 7) is 4.17. The van der Waals surface area contributed by atoms with Gasteiger partial charge in [0.25, 0.3) is 0 Å². The van der Waals surface area contributed by atoms with Crippen LogP contribution < -0.4 is 0 Å². The van der Waals surface area contributed by atoms with Crippen LogP contribution in [0.25, 0.3) is 5.57 Å². The zero-order valence-electron chi connectivity index (χ0n) is 6.02. The summed E-state index contributed by atoms with van der Waals surface area (Å²) in [5, 5.41) is 4.25. The lowest BCUT2D eigenvalue weighted by Crippen LogP contribution is -1.72. The van der Waals surface area contributed by atoms with E-state index in [1.807, 2.05) is 0 Å². The number of allylic oxidation sites excluding steroid dienone is 2. The van der Waals surface area contributed by atoms with E-state index in [0.717, 1.165) is 0 Å². The predicted octanol–water partition coefficient (Wildman–Crippen LogP) is 3.93. The summed E-state index contributed by atoms with van der Waals surface area (Å²) in [4.78, 5) is 0. The lowest BCUT2D eigenvalue weighted by Gasteiger charge is -1.95. The van der Waals surface area contributed by atoms with Gasteiger partial charge < -0.3 is 0 Å². The third-order valence-electron chi connectivity index (χ3n) is 1.47. The summed E-state index contributed by atoms with van der Waals surface area (Å²) in [6.07, 6.45) is 2.12. The van der Waals surface area contributed by atoms with Crippen LogP contribution in [0, 0.1) is 0 Å². The second-order valence-corrected chi connectivity index (χ2v) is 3.70. The van der Waals surface area contributed by atoms with Gasteiger partial charge in [0.1, 0.15) is 0 Å². The van der Waals surface area contributed by atoms with Crippen molar-refractivity contribution in [3.05, 3.63) is 26.9 Å². The van der Waals surface area contributed by atoms with Crippen LogP contribution in [0.1, 0.15) is 19.4 Å². The van der Waals surface area contributed by atoms with Gasteiger partial charge in [0, 0.05) is 15.4 Å². The van der Waals surface area contributed by atoms with Crippen LogP contribution in [-0.4, -0.2) is 0 Å². The zero-order valence-corrected chi connectivity index (χ0v) is 8.42. The van der Waals surface area contributed by atoms with Crippen molar-refractivity contribution in [2.45, 2.75) is 13.8 Å². The van der Waals surface area contributed by atoms with E-state index in [2.05, 4.69) is 46.6 Å². The van der Waals surface area contributed by atoms with Crippen molar-refractivity contribution < 1.29 is 0 Å². The second kappa shape index (κ2) is 3.35. The van der Waals surface area contributed by atoms with Gasteiger partial charge in [-0.3, -0.25) is 0 Å². The maximum atomic E-state index is 3.48. The lowest BCUT2D eigenvalue weighted by molar-refractivity contribution is 1.58. The fourth-order valence-electron chi connectivity index (χ4n) is 0.718. The van der Waals surface area contributed by atoms with Crippen molar-refractivity contribution >= 4 is 32.8 Å². The number of thiophene rings is 1. The average molecular weight is 217 g/mol. The number of halogens is 1. The molecule has 0 nitrogen and oxygen atoms in total. The summed E-state index contributed by atoms with van der Waals surface area (Å²) in [7, 11) is 0. The SMILES string of the molecule is C/C=C(\C)c1cscc1Br. The van der Waals surface area contributed by atoms with Gasteiger partial charge in [0.15, 0.2) is 0 Å². The van der Waals surface area contributed by atoms with Gasteiger partial charge in [-0.05, 0) is 40.7 Å². The zero-order chi connectivity index (χ0) is 7.56. The number of rotatable bonds is 1. The third kappa shape index (κ3) is 1.50. The van der Waals surface area contributed by atoms with Crippen molar-refractivity contribution in [3.63, 3.8) is 0 Å². The first-order valence-corrected chi connectivity index (χ1v) is 4.84. The molecule has 1 rings (SSSR count). The normalized spacial score (nSPS) is 12.1. The highest BCUT2D eigenvalue weighted by molar-refractivity contribution is 9.10. The van der Waals surface area contributed by atoms with Crippen LogP contribution in [0.5, 0.6) is 0 Å². The maximum Gasteiger partial charge on any atom is 0.0357 e. The molecule has 0 aliphatic carbocycles. The molecule has 1 aromatic heterocycles. The molecule has 2 heteroatoms. The smallest absolute Gasteiger partial charge is 0.0357 e. The molecule has 54 valence electrons. The summed E-state index contributed by atoms with van der Waals surface area (Å²) >= 11 is 5.20. The molecule has 0 saturated heterocycles. The topological polar surface area (TPSA) is 0 Å². The molecule has 0 aromatic carbocycles. The van der Waals surface area contributed by atoms with Crippen LogP contribution >= 0.6 is 27.3 Å². The molecular weight excluding hydrogens is 208 g/mol. The van der Waals surface area contributed by atoms with Crippen LogP contribution in [0.15, 0.2) is 21.3 Å². The Hall–Kier alpha value is -0.0800. The van der Waals surface area contributed by atoms with Crippen LogP contribution in [0.3, 0.4) is 0 Å². The molecule has 10 heavy (non-hydrogen) atoms. The van der Waals surface area contributed by atoms with E-state index >= 15 is 0 Å². The Bertz CT molecular complexity index is 248. The minimum atomic E-state index is 1.20. The first kappa shape index (κ1) is 8.02. The minimum absolute atomic E-state index is 1.20. The van der Waals surface area contributed by atoms with Gasteiger partial charge >= 0.3 is 0 Å². The maximum absolute atomic E-state index is 3.48. The standard InChI is InChI=1S/C8H9BrS/c1-3-6(2)7-4-10-5-8(7)9/h3-5H,1-2H3/b6-3+. The molecule has 0 bridgehead atoms. The van der Waals surface area contributed by atoms with E-state index in [1.165, 1.54) is 15.6 Å². The Morgan fingerprint density at radius 1 is 1.60 bits per heavy atom. The van der Waals surface area contributed by atoms with Gasteiger partial charge in [-0.1, -0.05) is 6.08 Å². The Morgan fingerprint density at radius 3 is 2.70 bits per heavy atom. The monoisotopic (exact) mass is 216 g/mol. The Balaban J connectivity index is 3.05. The molecular formula is C8H9BrS.